The van der Waals surface area contributed by atoms with Crippen molar-refractivity contribution in [1.29, 1.82) is 0 Å². The normalized spacial score (nSPS) is 9.94. The molecule has 2 aromatic rings. The van der Waals surface area contributed by atoms with E-state index >= 15 is 0 Å². The van der Waals surface area contributed by atoms with E-state index in [1.807, 2.05) is 6.92 Å². The van der Waals surface area contributed by atoms with Crippen LogP contribution in [-0.4, -0.2) is 15.9 Å². The first-order chi connectivity index (χ1) is 8.16. The van der Waals surface area contributed by atoms with Gasteiger partial charge in [-0.05, 0) is 30.7 Å². The highest BCUT2D eigenvalue weighted by Gasteiger charge is 2.07. The zero-order valence-electron chi connectivity index (χ0n) is 9.34. The maximum absolute atomic E-state index is 11.8. The number of nitrogens with one attached hydrogen (secondary N) is 1. The van der Waals surface area contributed by atoms with Crippen LogP contribution in [0, 0.1) is 6.92 Å². The summed E-state index contributed by atoms with van der Waals surface area (Å²) in [5, 5.41) is 2.78. The monoisotopic (exact) mass is 228 g/mol. The Labute approximate surface area is 98.7 Å². The minimum Gasteiger partial charge on any atom is -0.399 e. The molecule has 17 heavy (non-hydrogen) atoms. The van der Waals surface area contributed by atoms with Crippen molar-refractivity contribution in [1.82, 2.24) is 9.97 Å². The number of aryl methyl sites for hydroxylation is 1. The predicted molar refractivity (Wildman–Crippen MR) is 65.6 cm³/mol. The molecule has 0 atom stereocenters. The molecule has 0 saturated heterocycles. The van der Waals surface area contributed by atoms with E-state index in [0.717, 1.165) is 11.3 Å². The van der Waals surface area contributed by atoms with Gasteiger partial charge < -0.3 is 11.1 Å². The van der Waals surface area contributed by atoms with Crippen molar-refractivity contribution >= 4 is 17.3 Å². The predicted octanol–water partition coefficient (Wildman–Crippen LogP) is 1.62. The van der Waals surface area contributed by atoms with E-state index in [1.165, 1.54) is 18.7 Å². The number of benzene rings is 1. The number of nitrogen functional groups attached to an aromatic ring is 1. The number of amides is 1. The molecule has 0 aliphatic heterocycles. The molecule has 0 aliphatic rings. The van der Waals surface area contributed by atoms with Crippen molar-refractivity contribution in [2.45, 2.75) is 6.92 Å². The lowest BCUT2D eigenvalue weighted by molar-refractivity contribution is 0.102. The number of carbonyl (C=O) groups is 1. The number of carbonyl (C=O) groups excluding carboxylic acids is 1. The van der Waals surface area contributed by atoms with Crippen LogP contribution in [0.25, 0.3) is 0 Å². The van der Waals surface area contributed by atoms with Crippen molar-refractivity contribution in [3.05, 3.63) is 48.0 Å². The highest BCUT2D eigenvalue weighted by atomic mass is 16.1. The molecule has 3 N–H and O–H groups in total. The molecule has 1 aromatic carbocycles. The molecule has 0 fully saturated rings. The van der Waals surface area contributed by atoms with Crippen LogP contribution < -0.4 is 11.1 Å². The van der Waals surface area contributed by atoms with Gasteiger partial charge in [-0.25, -0.2) is 9.97 Å². The Morgan fingerprint density at radius 2 is 2.00 bits per heavy atom. The number of hydrogen-bond acceptors (Lipinski definition) is 4. The summed E-state index contributed by atoms with van der Waals surface area (Å²) in [5.74, 6) is -0.238. The molecule has 0 radical (unpaired) electrons. The number of rotatable bonds is 2. The summed E-state index contributed by atoms with van der Waals surface area (Å²) in [6, 6.07) is 5.31. The molecule has 0 aliphatic carbocycles. The number of aromatic nitrogens is 2. The van der Waals surface area contributed by atoms with Crippen LogP contribution in [0.3, 0.4) is 0 Å². The summed E-state index contributed by atoms with van der Waals surface area (Å²) in [5.41, 5.74) is 8.37. The van der Waals surface area contributed by atoms with Gasteiger partial charge in [0.25, 0.3) is 5.91 Å². The molecular formula is C12H12N4O. The Balaban J connectivity index is 2.19. The summed E-state index contributed by atoms with van der Waals surface area (Å²) in [4.78, 5) is 19.4. The first-order valence-electron chi connectivity index (χ1n) is 5.09. The smallest absolute Gasteiger partial charge is 0.258 e. The van der Waals surface area contributed by atoms with E-state index in [1.54, 1.807) is 18.2 Å². The fourth-order valence-electron chi connectivity index (χ4n) is 1.44. The van der Waals surface area contributed by atoms with Crippen LogP contribution in [0.1, 0.15) is 15.9 Å². The molecule has 1 amide bonds. The summed E-state index contributed by atoms with van der Waals surface area (Å²) >= 11 is 0. The molecule has 0 bridgehead atoms. The van der Waals surface area contributed by atoms with E-state index in [2.05, 4.69) is 15.3 Å². The SMILES string of the molecule is Cc1cc(N)ccc1NC(=O)c1cncnc1. The molecule has 0 saturated carbocycles. The first-order valence-corrected chi connectivity index (χ1v) is 5.09. The standard InChI is InChI=1S/C12H12N4O/c1-8-4-10(13)2-3-11(8)16-12(17)9-5-14-7-15-6-9/h2-7H,13H2,1H3,(H,16,17). The zero-order chi connectivity index (χ0) is 12.3. The van der Waals surface area contributed by atoms with Crippen LogP contribution in [0.15, 0.2) is 36.9 Å². The lowest BCUT2D eigenvalue weighted by Crippen LogP contribution is -2.13. The van der Waals surface area contributed by atoms with Crippen LogP contribution in [0.4, 0.5) is 11.4 Å². The molecule has 0 unspecified atom stereocenters. The second-order valence-electron chi connectivity index (χ2n) is 3.66. The molecule has 0 spiro atoms. The molecule has 5 nitrogen and oxygen atoms in total. The van der Waals surface area contributed by atoms with Crippen LogP contribution in [0.5, 0.6) is 0 Å². The minimum atomic E-state index is -0.238. The van der Waals surface area contributed by atoms with Crippen molar-refractivity contribution in [2.24, 2.45) is 0 Å². The van der Waals surface area contributed by atoms with Gasteiger partial charge in [-0.3, -0.25) is 4.79 Å². The molecule has 1 aromatic heterocycles. The van der Waals surface area contributed by atoms with Crippen LogP contribution in [0.2, 0.25) is 0 Å². The Morgan fingerprint density at radius 1 is 1.29 bits per heavy atom. The van der Waals surface area contributed by atoms with Gasteiger partial charge in [0.05, 0.1) is 5.56 Å². The maximum Gasteiger partial charge on any atom is 0.258 e. The first kappa shape index (κ1) is 11.1. The second-order valence-corrected chi connectivity index (χ2v) is 3.66. The van der Waals surface area contributed by atoms with Gasteiger partial charge in [-0.2, -0.15) is 0 Å². The Bertz CT molecular complexity index is 539. The van der Waals surface area contributed by atoms with Gasteiger partial charge in [-0.15, -0.1) is 0 Å². The average Bonchev–Trinajstić information content (AvgIpc) is 2.34. The van der Waals surface area contributed by atoms with Gasteiger partial charge in [0.15, 0.2) is 0 Å². The van der Waals surface area contributed by atoms with Crippen molar-refractivity contribution in [2.75, 3.05) is 11.1 Å². The molecule has 1 heterocycles. The number of anilines is 2. The average molecular weight is 228 g/mol. The van der Waals surface area contributed by atoms with Crippen molar-refractivity contribution in [3.63, 3.8) is 0 Å². The lowest BCUT2D eigenvalue weighted by Gasteiger charge is -2.08. The molecule has 86 valence electrons. The van der Waals surface area contributed by atoms with Gasteiger partial charge in [0.2, 0.25) is 0 Å². The summed E-state index contributed by atoms with van der Waals surface area (Å²) < 4.78 is 0. The fraction of sp³-hybridized carbons (Fsp3) is 0.0833. The van der Waals surface area contributed by atoms with E-state index in [-0.39, 0.29) is 5.91 Å². The number of nitrogens with two attached hydrogens (primary N) is 1. The molecule has 5 heteroatoms. The van der Waals surface area contributed by atoms with Crippen LogP contribution in [-0.2, 0) is 0 Å². The largest absolute Gasteiger partial charge is 0.399 e. The summed E-state index contributed by atoms with van der Waals surface area (Å²) in [7, 11) is 0. The van der Waals surface area contributed by atoms with Crippen molar-refractivity contribution < 1.29 is 4.79 Å². The van der Waals surface area contributed by atoms with Gasteiger partial charge >= 0.3 is 0 Å². The zero-order valence-corrected chi connectivity index (χ0v) is 9.34. The minimum absolute atomic E-state index is 0.238. The lowest BCUT2D eigenvalue weighted by atomic mass is 10.1. The Kier molecular flexibility index (Phi) is 3.00. The summed E-state index contributed by atoms with van der Waals surface area (Å²) in [6.07, 6.45) is 4.31. The Hall–Kier alpha value is -2.43. The third-order valence-electron chi connectivity index (χ3n) is 2.32. The van der Waals surface area contributed by atoms with Gasteiger partial charge in [-0.1, -0.05) is 0 Å². The second kappa shape index (κ2) is 4.61. The van der Waals surface area contributed by atoms with E-state index in [9.17, 15) is 4.79 Å². The fourth-order valence-corrected chi connectivity index (χ4v) is 1.44. The third-order valence-corrected chi connectivity index (χ3v) is 2.32. The quantitative estimate of drug-likeness (QED) is 0.765. The van der Waals surface area contributed by atoms with Gasteiger partial charge in [0.1, 0.15) is 6.33 Å². The highest BCUT2D eigenvalue weighted by Crippen LogP contribution is 2.18. The third kappa shape index (κ3) is 2.57. The Morgan fingerprint density at radius 3 is 2.65 bits per heavy atom. The summed E-state index contributed by atoms with van der Waals surface area (Å²) in [6.45, 7) is 1.88. The van der Waals surface area contributed by atoms with Crippen molar-refractivity contribution in [3.8, 4) is 0 Å². The van der Waals surface area contributed by atoms with E-state index in [4.69, 9.17) is 5.73 Å². The van der Waals surface area contributed by atoms with Crippen LogP contribution >= 0.6 is 0 Å². The van der Waals surface area contributed by atoms with E-state index < -0.39 is 0 Å². The molecular weight excluding hydrogens is 216 g/mol. The van der Waals surface area contributed by atoms with Gasteiger partial charge in [0, 0.05) is 23.8 Å². The number of hydrogen-bond donors (Lipinski definition) is 2. The van der Waals surface area contributed by atoms with E-state index in [0.29, 0.717) is 11.3 Å². The topological polar surface area (TPSA) is 80.9 Å². The maximum atomic E-state index is 11.8. The number of nitrogens with zero attached hydrogens (tertiary/aromatic N) is 2. The highest BCUT2D eigenvalue weighted by molar-refractivity contribution is 6.04. The molecule has 2 rings (SSSR count).